The van der Waals surface area contributed by atoms with Gasteiger partial charge in [0, 0.05) is 52.6 Å². The Labute approximate surface area is 268 Å². The molecule has 46 heavy (non-hydrogen) atoms. The predicted molar refractivity (Wildman–Crippen MR) is 178 cm³/mol. The summed E-state index contributed by atoms with van der Waals surface area (Å²) in [5.74, 6) is 0.843. The van der Waals surface area contributed by atoms with Crippen LogP contribution in [0.25, 0.3) is 22.2 Å². The number of sulfonamides is 1. The molecule has 3 aliphatic rings. The normalized spacial score (nSPS) is 17.1. The number of fused-ring (bicyclic) bond motifs is 5. The van der Waals surface area contributed by atoms with E-state index in [1.165, 1.54) is 24.8 Å². The molecule has 3 heterocycles. The molecule has 0 atom stereocenters. The van der Waals surface area contributed by atoms with Crippen LogP contribution < -0.4 is 19.1 Å². The number of anilines is 2. The lowest BCUT2D eigenvalue weighted by Crippen LogP contribution is -2.36. The molecule has 0 radical (unpaired) electrons. The highest BCUT2D eigenvalue weighted by molar-refractivity contribution is 7.92. The van der Waals surface area contributed by atoms with Crippen molar-refractivity contribution in [1.29, 1.82) is 0 Å². The third-order valence-electron chi connectivity index (χ3n) is 9.27. The van der Waals surface area contributed by atoms with E-state index in [1.54, 1.807) is 18.2 Å². The second-order valence-electron chi connectivity index (χ2n) is 12.4. The van der Waals surface area contributed by atoms with Crippen LogP contribution >= 0.6 is 0 Å². The summed E-state index contributed by atoms with van der Waals surface area (Å²) >= 11 is 0. The first-order chi connectivity index (χ1) is 22.2. The van der Waals surface area contributed by atoms with Gasteiger partial charge in [-0.15, -0.1) is 0 Å². The Hall–Kier alpha value is -4.22. The van der Waals surface area contributed by atoms with Gasteiger partial charge in [0.15, 0.2) is 0 Å². The monoisotopic (exact) mass is 645 g/mol. The predicted octanol–water partition coefficient (Wildman–Crippen LogP) is 6.23. The van der Waals surface area contributed by atoms with Crippen molar-refractivity contribution >= 4 is 38.3 Å². The third-order valence-corrected chi connectivity index (χ3v) is 9.88. The number of nitrogens with zero attached hydrogens (tertiary/aromatic N) is 2. The van der Waals surface area contributed by atoms with Crippen molar-refractivity contribution in [3.05, 3.63) is 71.3 Å². The summed E-state index contributed by atoms with van der Waals surface area (Å²) in [5, 5.41) is 10.9. The lowest BCUT2D eigenvalue weighted by Gasteiger charge is -2.31. The van der Waals surface area contributed by atoms with Gasteiger partial charge in [-0.1, -0.05) is 25.3 Å². The number of hydrogen-bond acceptors (Lipinski definition) is 7. The van der Waals surface area contributed by atoms with Crippen molar-refractivity contribution in [2.45, 2.75) is 51.2 Å². The Morgan fingerprint density at radius 3 is 2.54 bits per heavy atom. The van der Waals surface area contributed by atoms with E-state index in [2.05, 4.69) is 20.3 Å². The fraction of sp³-hybridized carbons (Fsp3) is 0.400. The van der Waals surface area contributed by atoms with E-state index in [1.807, 2.05) is 30.3 Å². The fourth-order valence-electron chi connectivity index (χ4n) is 7.24. The minimum atomic E-state index is -3.44. The fourth-order valence-corrected chi connectivity index (χ4v) is 7.80. The number of carbonyl (C=O) groups is 1. The minimum Gasteiger partial charge on any atom is -0.491 e. The van der Waals surface area contributed by atoms with E-state index in [4.69, 9.17) is 14.2 Å². The van der Waals surface area contributed by atoms with Crippen LogP contribution in [0.1, 0.15) is 59.5 Å². The lowest BCUT2D eigenvalue weighted by molar-refractivity contribution is 0.0697. The summed E-state index contributed by atoms with van der Waals surface area (Å²) in [5.41, 5.74) is 6.92. The summed E-state index contributed by atoms with van der Waals surface area (Å²) < 4.78 is 47.0. The number of ether oxygens (including phenoxy) is 3. The number of benzene rings is 3. The highest BCUT2D eigenvalue weighted by Crippen LogP contribution is 2.48. The van der Waals surface area contributed by atoms with Gasteiger partial charge in [0.2, 0.25) is 10.0 Å². The number of aromatic carboxylic acids is 1. The number of morpholine rings is 1. The molecule has 242 valence electrons. The van der Waals surface area contributed by atoms with Gasteiger partial charge in [-0.3, -0.25) is 4.72 Å². The number of hydrogen-bond donors (Lipinski definition) is 2. The smallest absolute Gasteiger partial charge is 0.335 e. The van der Waals surface area contributed by atoms with E-state index in [0.717, 1.165) is 71.3 Å². The highest BCUT2D eigenvalue weighted by Gasteiger charge is 2.30. The Morgan fingerprint density at radius 1 is 0.978 bits per heavy atom. The van der Waals surface area contributed by atoms with Crippen molar-refractivity contribution in [1.82, 2.24) is 4.57 Å². The maximum absolute atomic E-state index is 11.9. The Bertz CT molecular complexity index is 1890. The topological polar surface area (TPSA) is 119 Å². The van der Waals surface area contributed by atoms with Crippen molar-refractivity contribution in [3.63, 3.8) is 0 Å². The highest BCUT2D eigenvalue weighted by atomic mass is 32.2. The number of aromatic nitrogens is 1. The number of carboxylic acid groups (broad SMARTS) is 1. The van der Waals surface area contributed by atoms with Crippen LogP contribution in [0.4, 0.5) is 11.4 Å². The first kappa shape index (κ1) is 30.4. The summed E-state index contributed by atoms with van der Waals surface area (Å²) in [7, 11) is -3.44. The van der Waals surface area contributed by atoms with Gasteiger partial charge in [0.1, 0.15) is 24.7 Å². The zero-order chi connectivity index (χ0) is 31.8. The van der Waals surface area contributed by atoms with Gasteiger partial charge in [-0.2, -0.15) is 0 Å². The van der Waals surface area contributed by atoms with E-state index >= 15 is 0 Å². The molecule has 0 spiro atoms. The molecule has 1 saturated heterocycles. The molecule has 11 heteroatoms. The zero-order valence-corrected chi connectivity index (χ0v) is 26.8. The van der Waals surface area contributed by atoms with Crippen LogP contribution in [-0.4, -0.2) is 63.2 Å². The Morgan fingerprint density at radius 2 is 1.78 bits per heavy atom. The number of carboxylic acids is 1. The maximum Gasteiger partial charge on any atom is 0.335 e. The molecule has 0 bridgehead atoms. The van der Waals surface area contributed by atoms with Crippen LogP contribution in [-0.2, 0) is 27.9 Å². The molecule has 4 aromatic rings. The van der Waals surface area contributed by atoms with Gasteiger partial charge < -0.3 is 28.8 Å². The average molecular weight is 646 g/mol. The maximum atomic E-state index is 11.9. The molecule has 0 amide bonds. The lowest BCUT2D eigenvalue weighted by atomic mass is 9.81. The van der Waals surface area contributed by atoms with Gasteiger partial charge in [-0.05, 0) is 66.8 Å². The van der Waals surface area contributed by atoms with Gasteiger partial charge >= 0.3 is 5.97 Å². The zero-order valence-electron chi connectivity index (χ0n) is 26.0. The van der Waals surface area contributed by atoms with Crippen LogP contribution in [0.5, 0.6) is 11.5 Å². The van der Waals surface area contributed by atoms with E-state index in [0.29, 0.717) is 43.7 Å². The molecule has 7 rings (SSSR count). The third kappa shape index (κ3) is 6.13. The van der Waals surface area contributed by atoms with E-state index < -0.39 is 16.0 Å². The summed E-state index contributed by atoms with van der Waals surface area (Å²) in [6.07, 6.45) is 6.99. The van der Waals surface area contributed by atoms with Crippen LogP contribution in [0.2, 0.25) is 0 Å². The number of nitrogens with one attached hydrogen (secondary N) is 1. The van der Waals surface area contributed by atoms with Crippen molar-refractivity contribution in [2.75, 3.05) is 48.8 Å². The average Bonchev–Trinajstić information content (AvgIpc) is 3.25. The molecular weight excluding hydrogens is 606 g/mol. The van der Waals surface area contributed by atoms with Crippen molar-refractivity contribution < 1.29 is 32.5 Å². The van der Waals surface area contributed by atoms with Crippen LogP contribution in [0.3, 0.4) is 0 Å². The quantitative estimate of drug-likeness (QED) is 0.231. The molecule has 0 unspecified atom stereocenters. The molecule has 1 saturated carbocycles. The first-order valence-corrected chi connectivity index (χ1v) is 17.9. The SMILES string of the molecule is CS(=O)(=O)Nc1ccc(N2CCOCC2)c(COc2ccc3c(c2)OCCn2c-3c(C3CCCCC3)c3ccc(C(=O)O)cc32)c1. The molecule has 1 aliphatic carbocycles. The molecule has 1 aromatic heterocycles. The molecule has 2 aliphatic heterocycles. The Kier molecular flexibility index (Phi) is 8.29. The first-order valence-electron chi connectivity index (χ1n) is 16.0. The minimum absolute atomic E-state index is 0.232. The van der Waals surface area contributed by atoms with Crippen LogP contribution in [0.15, 0.2) is 54.6 Å². The summed E-state index contributed by atoms with van der Waals surface area (Å²) in [6, 6.07) is 17.0. The second-order valence-corrected chi connectivity index (χ2v) is 14.1. The summed E-state index contributed by atoms with van der Waals surface area (Å²) in [6.45, 7) is 4.01. The largest absolute Gasteiger partial charge is 0.491 e. The molecule has 3 aromatic carbocycles. The molecular formula is C35H39N3O7S. The van der Waals surface area contributed by atoms with Gasteiger partial charge in [-0.25, -0.2) is 13.2 Å². The van der Waals surface area contributed by atoms with Crippen molar-refractivity contribution in [2.24, 2.45) is 0 Å². The molecule has 2 fully saturated rings. The standard InChI is InChI=1S/C35H39N3O7S/c1-46(41,42)36-26-8-12-30(37-13-16-43-17-14-37)25(19-26)22-45-27-9-11-29-32(21-27)44-18-15-38-31-20-24(35(39)40)7-10-28(31)33(34(29)38)23-5-3-2-4-6-23/h7-12,19-21,23,36H,2-6,13-18,22H2,1H3,(H,39,40). The van der Waals surface area contributed by atoms with E-state index in [-0.39, 0.29) is 12.2 Å². The van der Waals surface area contributed by atoms with Gasteiger partial charge in [0.05, 0.1) is 37.3 Å². The molecule has 2 N–H and O–H groups in total. The second kappa shape index (κ2) is 12.5. The Balaban J connectivity index is 1.24. The van der Waals surface area contributed by atoms with Crippen molar-refractivity contribution in [3.8, 4) is 22.8 Å². The van der Waals surface area contributed by atoms with Gasteiger partial charge in [0.25, 0.3) is 0 Å². The van der Waals surface area contributed by atoms with E-state index in [9.17, 15) is 18.3 Å². The number of rotatable bonds is 8. The molecule has 10 nitrogen and oxygen atoms in total. The van der Waals surface area contributed by atoms with Crippen LogP contribution in [0, 0.1) is 0 Å². The summed E-state index contributed by atoms with van der Waals surface area (Å²) in [4.78, 5) is 14.1.